The predicted octanol–water partition coefficient (Wildman–Crippen LogP) is 3.16. The highest BCUT2D eigenvalue weighted by Gasteiger charge is 2.11. The third-order valence-electron chi connectivity index (χ3n) is 2.30. The number of rotatable bonds is 4. The molecule has 17 heavy (non-hydrogen) atoms. The molecule has 5 heteroatoms. The second kappa shape index (κ2) is 5.51. The molecule has 0 radical (unpaired) electrons. The lowest BCUT2D eigenvalue weighted by atomic mass is 10.3. The van der Waals surface area contributed by atoms with E-state index < -0.39 is 0 Å². The largest absolute Gasteiger partial charge is 0.292 e. The number of carbonyl (C=O) groups excluding carboxylic acids is 1. The summed E-state index contributed by atoms with van der Waals surface area (Å²) in [6.45, 7) is 0. The molecule has 0 N–H and O–H groups in total. The van der Waals surface area contributed by atoms with E-state index in [-0.39, 0.29) is 5.78 Å². The molecule has 0 spiro atoms. The summed E-state index contributed by atoms with van der Waals surface area (Å²) in [5, 5.41) is 3.99. The first-order valence-corrected chi connectivity index (χ1v) is 6.85. The molecule has 0 saturated carbocycles. The molecule has 1 aromatic carbocycles. The molecule has 0 aliphatic rings. The van der Waals surface area contributed by atoms with E-state index >= 15 is 0 Å². The zero-order valence-corrected chi connectivity index (χ0v) is 11.7. The second-order valence-electron chi connectivity index (χ2n) is 3.48. The van der Waals surface area contributed by atoms with Crippen molar-refractivity contribution in [2.24, 2.45) is 7.05 Å². The quantitative estimate of drug-likeness (QED) is 0.642. The molecule has 2 aromatic rings. The zero-order chi connectivity index (χ0) is 12.3. The van der Waals surface area contributed by atoms with Gasteiger partial charge in [-0.25, -0.2) is 0 Å². The molecule has 0 unspecified atom stereocenters. The molecule has 0 saturated heterocycles. The maximum Gasteiger partial charge on any atom is 0.191 e. The van der Waals surface area contributed by atoms with Crippen molar-refractivity contribution in [2.75, 3.05) is 5.75 Å². The highest BCUT2D eigenvalue weighted by Crippen LogP contribution is 2.27. The number of thioether (sulfide) groups is 1. The standard InChI is InChI=1S/C12H11BrN2OS/c1-15-10(6-7-14-15)11(16)8-17-12-5-3-2-4-9(12)13/h2-7H,8H2,1H3. The molecule has 0 aliphatic heterocycles. The van der Waals surface area contributed by atoms with Gasteiger partial charge in [0, 0.05) is 22.6 Å². The smallest absolute Gasteiger partial charge is 0.191 e. The van der Waals surface area contributed by atoms with Crippen molar-refractivity contribution < 1.29 is 4.79 Å². The predicted molar refractivity (Wildman–Crippen MR) is 72.4 cm³/mol. The molecule has 3 nitrogen and oxygen atoms in total. The van der Waals surface area contributed by atoms with Crippen LogP contribution in [0.5, 0.6) is 0 Å². The molecule has 88 valence electrons. The highest BCUT2D eigenvalue weighted by molar-refractivity contribution is 9.10. The molecule has 1 aromatic heterocycles. The van der Waals surface area contributed by atoms with Gasteiger partial charge in [0.25, 0.3) is 0 Å². The number of benzene rings is 1. The highest BCUT2D eigenvalue weighted by atomic mass is 79.9. The minimum atomic E-state index is 0.0887. The van der Waals surface area contributed by atoms with Gasteiger partial charge in [-0.1, -0.05) is 12.1 Å². The van der Waals surface area contributed by atoms with Crippen molar-refractivity contribution in [3.05, 3.63) is 46.7 Å². The number of aryl methyl sites for hydroxylation is 1. The SMILES string of the molecule is Cn1nccc1C(=O)CSc1ccccc1Br. The summed E-state index contributed by atoms with van der Waals surface area (Å²) in [7, 11) is 1.77. The number of Topliss-reactive ketones (excluding diaryl/α,β-unsaturated/α-hetero) is 1. The van der Waals surface area contributed by atoms with Crippen molar-refractivity contribution in [3.63, 3.8) is 0 Å². The van der Waals surface area contributed by atoms with Crippen LogP contribution >= 0.6 is 27.7 Å². The van der Waals surface area contributed by atoms with Gasteiger partial charge >= 0.3 is 0 Å². The molecule has 0 amide bonds. The monoisotopic (exact) mass is 310 g/mol. The van der Waals surface area contributed by atoms with Crippen LogP contribution in [0.25, 0.3) is 0 Å². The summed E-state index contributed by atoms with van der Waals surface area (Å²) in [5.74, 6) is 0.507. The van der Waals surface area contributed by atoms with Crippen LogP contribution in [0.15, 0.2) is 45.9 Å². The van der Waals surface area contributed by atoms with Crippen LogP contribution in [0.4, 0.5) is 0 Å². The minimum Gasteiger partial charge on any atom is -0.292 e. The van der Waals surface area contributed by atoms with Crippen LogP contribution in [-0.2, 0) is 7.05 Å². The van der Waals surface area contributed by atoms with E-state index in [4.69, 9.17) is 0 Å². The molecule has 0 bridgehead atoms. The molecule has 0 aliphatic carbocycles. The Morgan fingerprint density at radius 3 is 2.82 bits per heavy atom. The second-order valence-corrected chi connectivity index (χ2v) is 5.35. The van der Waals surface area contributed by atoms with Crippen LogP contribution in [0.1, 0.15) is 10.5 Å². The van der Waals surface area contributed by atoms with Crippen molar-refractivity contribution in [1.29, 1.82) is 0 Å². The van der Waals surface area contributed by atoms with E-state index in [0.29, 0.717) is 11.4 Å². The third-order valence-corrected chi connectivity index (χ3v) is 4.33. The van der Waals surface area contributed by atoms with Crippen molar-refractivity contribution in [1.82, 2.24) is 9.78 Å². The van der Waals surface area contributed by atoms with Crippen LogP contribution < -0.4 is 0 Å². The van der Waals surface area contributed by atoms with E-state index in [9.17, 15) is 4.79 Å². The Bertz CT molecular complexity index is 539. The first-order chi connectivity index (χ1) is 8.18. The average Bonchev–Trinajstić information content (AvgIpc) is 2.74. The maximum atomic E-state index is 11.9. The minimum absolute atomic E-state index is 0.0887. The Balaban J connectivity index is 2.02. The molecular weight excluding hydrogens is 300 g/mol. The van der Waals surface area contributed by atoms with Gasteiger partial charge in [0.05, 0.1) is 5.75 Å². The zero-order valence-electron chi connectivity index (χ0n) is 9.26. The molecular formula is C12H11BrN2OS. The number of hydrogen-bond donors (Lipinski definition) is 0. The van der Waals surface area contributed by atoms with E-state index in [1.54, 1.807) is 24.0 Å². The Labute approximate surface area is 112 Å². The van der Waals surface area contributed by atoms with Crippen molar-refractivity contribution in [2.45, 2.75) is 4.90 Å². The molecule has 0 atom stereocenters. The average molecular weight is 311 g/mol. The van der Waals surface area contributed by atoms with Crippen LogP contribution in [0.3, 0.4) is 0 Å². The Morgan fingerprint density at radius 2 is 2.18 bits per heavy atom. The fourth-order valence-electron chi connectivity index (χ4n) is 1.43. The summed E-state index contributed by atoms with van der Waals surface area (Å²) >= 11 is 4.98. The number of hydrogen-bond acceptors (Lipinski definition) is 3. The topological polar surface area (TPSA) is 34.9 Å². The van der Waals surface area contributed by atoms with Gasteiger partial charge in [-0.05, 0) is 34.1 Å². The van der Waals surface area contributed by atoms with Gasteiger partial charge in [-0.3, -0.25) is 9.48 Å². The fourth-order valence-corrected chi connectivity index (χ4v) is 2.87. The Kier molecular flexibility index (Phi) is 4.02. The van der Waals surface area contributed by atoms with Gasteiger partial charge in [0.2, 0.25) is 0 Å². The van der Waals surface area contributed by atoms with Crippen LogP contribution in [-0.4, -0.2) is 21.3 Å². The Morgan fingerprint density at radius 1 is 1.41 bits per heavy atom. The lowest BCUT2D eigenvalue weighted by Gasteiger charge is -2.03. The van der Waals surface area contributed by atoms with Gasteiger partial charge in [-0.15, -0.1) is 11.8 Å². The molecule has 2 rings (SSSR count). The summed E-state index contributed by atoms with van der Waals surface area (Å²) < 4.78 is 2.62. The summed E-state index contributed by atoms with van der Waals surface area (Å²) in [5.41, 5.74) is 0.643. The van der Waals surface area contributed by atoms with Crippen LogP contribution in [0, 0.1) is 0 Å². The lowest BCUT2D eigenvalue weighted by Crippen LogP contribution is -2.09. The molecule has 1 heterocycles. The maximum absolute atomic E-state index is 11.9. The first-order valence-electron chi connectivity index (χ1n) is 5.07. The fraction of sp³-hybridized carbons (Fsp3) is 0.167. The van der Waals surface area contributed by atoms with Gasteiger partial charge < -0.3 is 0 Å². The number of ketones is 1. The Hall–Kier alpha value is -1.07. The van der Waals surface area contributed by atoms with E-state index in [1.165, 1.54) is 11.8 Å². The number of carbonyl (C=O) groups is 1. The first kappa shape index (κ1) is 12.4. The molecule has 0 fully saturated rings. The van der Waals surface area contributed by atoms with Gasteiger partial charge in [0.15, 0.2) is 5.78 Å². The number of halogens is 1. The third kappa shape index (κ3) is 2.98. The lowest BCUT2D eigenvalue weighted by molar-refractivity contribution is 0.101. The van der Waals surface area contributed by atoms with Crippen LogP contribution in [0.2, 0.25) is 0 Å². The summed E-state index contributed by atoms with van der Waals surface area (Å²) in [4.78, 5) is 13.0. The van der Waals surface area contributed by atoms with E-state index in [0.717, 1.165) is 9.37 Å². The van der Waals surface area contributed by atoms with E-state index in [2.05, 4.69) is 21.0 Å². The van der Waals surface area contributed by atoms with Gasteiger partial charge in [-0.2, -0.15) is 5.10 Å². The van der Waals surface area contributed by atoms with Crippen molar-refractivity contribution in [3.8, 4) is 0 Å². The summed E-state index contributed by atoms with van der Waals surface area (Å²) in [6, 6.07) is 9.61. The summed E-state index contributed by atoms with van der Waals surface area (Å²) in [6.07, 6.45) is 1.64. The van der Waals surface area contributed by atoms with E-state index in [1.807, 2.05) is 24.3 Å². The van der Waals surface area contributed by atoms with Crippen molar-refractivity contribution >= 4 is 33.5 Å². The van der Waals surface area contributed by atoms with Gasteiger partial charge in [0.1, 0.15) is 5.69 Å². The number of nitrogens with zero attached hydrogens (tertiary/aromatic N) is 2. The number of aromatic nitrogens is 2. The normalized spacial score (nSPS) is 10.5.